The van der Waals surface area contributed by atoms with E-state index in [1.807, 2.05) is 0 Å². The molecule has 3 fully saturated rings. The maximum absolute atomic E-state index is 14.1. The van der Waals surface area contributed by atoms with Crippen molar-refractivity contribution in [3.8, 4) is 0 Å². The molecular weight excluding hydrogens is 441 g/mol. The summed E-state index contributed by atoms with van der Waals surface area (Å²) >= 11 is 0. The Bertz CT molecular complexity index is 813. The molecule has 0 atom stereocenters. The largest absolute Gasteiger partial charge is 0.361 e. The van der Waals surface area contributed by atoms with Crippen LogP contribution in [0, 0.1) is 10.1 Å². The van der Waals surface area contributed by atoms with Crippen molar-refractivity contribution in [2.45, 2.75) is 114 Å². The van der Waals surface area contributed by atoms with Crippen molar-refractivity contribution in [1.82, 2.24) is 20.1 Å². The molecule has 0 aromatic carbocycles. The van der Waals surface area contributed by atoms with Gasteiger partial charge in [0.2, 0.25) is 11.8 Å². The van der Waals surface area contributed by atoms with Gasteiger partial charge in [0.1, 0.15) is 6.20 Å². The molecule has 4 rings (SSSR count). The molecule has 0 spiro atoms. The van der Waals surface area contributed by atoms with Crippen LogP contribution in [0.3, 0.4) is 0 Å². The Kier molecular flexibility index (Phi) is 8.55. The predicted molar refractivity (Wildman–Crippen MR) is 130 cm³/mol. The fourth-order valence-corrected chi connectivity index (χ4v) is 7.47. The van der Waals surface area contributed by atoms with E-state index in [1.165, 1.54) is 25.5 Å². The Morgan fingerprint density at radius 2 is 1.30 bits per heavy atom. The fraction of sp³-hybridized carbons (Fsp3) is 0.818. The van der Waals surface area contributed by atoms with Crippen LogP contribution < -0.4 is 20.6 Å². The van der Waals surface area contributed by atoms with Crippen LogP contribution >= 0.6 is 7.59 Å². The monoisotopic (exact) mass is 479 g/mol. The highest BCUT2D eigenvalue weighted by Crippen LogP contribution is 2.41. The number of anilines is 2. The lowest BCUT2D eigenvalue weighted by Crippen LogP contribution is -2.40. The number of hydrogen-bond acceptors (Lipinski definition) is 6. The van der Waals surface area contributed by atoms with Crippen molar-refractivity contribution < 1.29 is 9.49 Å². The zero-order chi connectivity index (χ0) is 23.1. The summed E-state index contributed by atoms with van der Waals surface area (Å²) in [5.74, 6) is 0.347. The minimum Gasteiger partial charge on any atom is -0.361 e. The number of aromatic nitrogens is 2. The second kappa shape index (κ2) is 11.6. The molecule has 3 saturated carbocycles. The molecule has 3 aliphatic carbocycles. The Labute approximate surface area is 196 Å². The van der Waals surface area contributed by atoms with Gasteiger partial charge < -0.3 is 5.32 Å². The topological polar surface area (TPSA) is 134 Å². The summed E-state index contributed by atoms with van der Waals surface area (Å²) in [6.07, 6.45) is 17.5. The van der Waals surface area contributed by atoms with Crippen molar-refractivity contribution in [3.05, 3.63) is 16.3 Å². The third-order valence-corrected chi connectivity index (χ3v) is 9.08. The molecule has 0 aliphatic heterocycles. The van der Waals surface area contributed by atoms with E-state index in [-0.39, 0.29) is 35.6 Å². The third kappa shape index (κ3) is 7.11. The van der Waals surface area contributed by atoms with Crippen molar-refractivity contribution in [1.29, 1.82) is 0 Å². The number of nitrogens with zero attached hydrogens (tertiary/aromatic N) is 3. The predicted octanol–water partition coefficient (Wildman–Crippen LogP) is 5.49. The van der Waals surface area contributed by atoms with Crippen molar-refractivity contribution >= 4 is 25.0 Å². The highest BCUT2D eigenvalue weighted by Gasteiger charge is 2.32. The zero-order valence-corrected chi connectivity index (χ0v) is 20.3. The van der Waals surface area contributed by atoms with E-state index < -0.39 is 12.5 Å². The zero-order valence-electron chi connectivity index (χ0n) is 19.4. The number of nitrogens with one attached hydrogen (secondary N) is 4. The number of rotatable bonds is 9. The average molecular weight is 480 g/mol. The van der Waals surface area contributed by atoms with E-state index in [0.29, 0.717) is 0 Å². The summed E-state index contributed by atoms with van der Waals surface area (Å²) < 4.78 is 14.1. The molecule has 33 heavy (non-hydrogen) atoms. The van der Waals surface area contributed by atoms with Gasteiger partial charge in [0, 0.05) is 18.1 Å². The molecular formula is C22H38N7O3P. The molecule has 0 saturated heterocycles. The van der Waals surface area contributed by atoms with Crippen LogP contribution in [0.1, 0.15) is 96.3 Å². The van der Waals surface area contributed by atoms with Gasteiger partial charge in [0.05, 0.1) is 4.92 Å². The molecule has 0 bridgehead atoms. The first-order valence-electron chi connectivity index (χ1n) is 12.7. The quantitative estimate of drug-likeness (QED) is 0.206. The second-order valence-corrected chi connectivity index (χ2v) is 11.8. The van der Waals surface area contributed by atoms with Crippen LogP contribution in [0.15, 0.2) is 6.20 Å². The van der Waals surface area contributed by atoms with Gasteiger partial charge in [-0.15, -0.1) is 0 Å². The van der Waals surface area contributed by atoms with Crippen LogP contribution in [-0.4, -0.2) is 33.0 Å². The van der Waals surface area contributed by atoms with Gasteiger partial charge in [-0.2, -0.15) is 4.98 Å². The lowest BCUT2D eigenvalue weighted by Gasteiger charge is -2.33. The maximum atomic E-state index is 14.1. The highest BCUT2D eigenvalue weighted by atomic mass is 31.2. The van der Waals surface area contributed by atoms with E-state index in [1.54, 1.807) is 0 Å². The van der Waals surface area contributed by atoms with Crippen LogP contribution in [0.25, 0.3) is 0 Å². The minimum atomic E-state index is -3.25. The van der Waals surface area contributed by atoms with Crippen LogP contribution in [0.5, 0.6) is 0 Å². The second-order valence-electron chi connectivity index (χ2n) is 9.81. The van der Waals surface area contributed by atoms with Gasteiger partial charge in [-0.3, -0.25) is 19.8 Å². The van der Waals surface area contributed by atoms with Crippen LogP contribution in [0.4, 0.5) is 17.5 Å². The first-order valence-corrected chi connectivity index (χ1v) is 14.4. The Morgan fingerprint density at radius 3 is 1.79 bits per heavy atom. The Morgan fingerprint density at radius 1 is 0.818 bits per heavy atom. The first kappa shape index (κ1) is 24.4. The number of nitro groups is 1. The Hall–Kier alpha value is -1.77. The molecule has 4 N–H and O–H groups in total. The van der Waals surface area contributed by atoms with Gasteiger partial charge >= 0.3 is 13.3 Å². The van der Waals surface area contributed by atoms with Gasteiger partial charge in [0.25, 0.3) is 0 Å². The normalized spacial score (nSPS) is 21.6. The summed E-state index contributed by atoms with van der Waals surface area (Å²) in [7, 11) is -3.25. The van der Waals surface area contributed by atoms with Crippen molar-refractivity contribution in [2.75, 3.05) is 10.4 Å². The standard InChI is InChI=1S/C22H38N7O3P/c30-29(31)20-16-23-22(25-21(20)24-17-10-4-1-5-11-17)28-33(32,26-18-12-6-2-7-13-18)27-19-14-8-3-9-15-19/h16-19H,1-15H2,(H4,23,24,25,26,27,28,32). The van der Waals surface area contributed by atoms with E-state index in [0.717, 1.165) is 77.0 Å². The lowest BCUT2D eigenvalue weighted by molar-refractivity contribution is -0.384. The average Bonchev–Trinajstić information content (AvgIpc) is 2.81. The molecule has 1 aromatic rings. The van der Waals surface area contributed by atoms with Gasteiger partial charge in [0.15, 0.2) is 0 Å². The van der Waals surface area contributed by atoms with Crippen molar-refractivity contribution in [2.24, 2.45) is 0 Å². The van der Waals surface area contributed by atoms with E-state index in [4.69, 9.17) is 0 Å². The van der Waals surface area contributed by atoms with Gasteiger partial charge in [-0.1, -0.05) is 57.8 Å². The van der Waals surface area contributed by atoms with Gasteiger partial charge in [-0.25, -0.2) is 15.2 Å². The molecule has 0 amide bonds. The fourth-order valence-electron chi connectivity index (χ4n) is 5.33. The van der Waals surface area contributed by atoms with Gasteiger partial charge in [-0.05, 0) is 38.5 Å². The molecule has 3 aliphatic rings. The van der Waals surface area contributed by atoms with Crippen LogP contribution in [0.2, 0.25) is 0 Å². The molecule has 10 nitrogen and oxygen atoms in total. The smallest absolute Gasteiger partial charge is 0.329 e. The minimum absolute atomic E-state index is 0.147. The summed E-state index contributed by atoms with van der Waals surface area (Å²) in [5, 5.41) is 24.6. The molecule has 1 heterocycles. The van der Waals surface area contributed by atoms with Crippen molar-refractivity contribution in [3.63, 3.8) is 0 Å². The molecule has 184 valence electrons. The van der Waals surface area contributed by atoms with E-state index in [2.05, 4.69) is 30.5 Å². The third-order valence-electron chi connectivity index (χ3n) is 7.11. The molecule has 0 unspecified atom stereocenters. The highest BCUT2D eigenvalue weighted by molar-refractivity contribution is 7.61. The molecule has 11 heteroatoms. The summed E-state index contributed by atoms with van der Waals surface area (Å²) in [6.45, 7) is 0. The lowest BCUT2D eigenvalue weighted by atomic mass is 9.95. The maximum Gasteiger partial charge on any atom is 0.329 e. The molecule has 0 radical (unpaired) electrons. The SMILES string of the molecule is O=[N+]([O-])c1cnc(NP(=O)(NC2CCCCC2)NC2CCCCC2)nc1NC1CCCCC1. The number of hydrogen-bond donors (Lipinski definition) is 4. The van der Waals surface area contributed by atoms with E-state index >= 15 is 0 Å². The summed E-state index contributed by atoms with van der Waals surface area (Å²) in [6, 6.07) is 0.504. The first-order chi connectivity index (χ1) is 16.0. The summed E-state index contributed by atoms with van der Waals surface area (Å²) in [5.41, 5.74) is -0.151. The van der Waals surface area contributed by atoms with E-state index in [9.17, 15) is 14.7 Å². The Balaban J connectivity index is 1.53. The molecule has 1 aromatic heterocycles. The van der Waals surface area contributed by atoms with Crippen LogP contribution in [-0.2, 0) is 4.57 Å². The summed E-state index contributed by atoms with van der Waals surface area (Å²) in [4.78, 5) is 19.7.